The van der Waals surface area contributed by atoms with E-state index in [1.54, 1.807) is 0 Å². The summed E-state index contributed by atoms with van der Waals surface area (Å²) in [7, 11) is 0. The second-order valence-corrected chi connectivity index (χ2v) is 6.88. The summed E-state index contributed by atoms with van der Waals surface area (Å²) in [6, 6.07) is 3.71. The number of carbonyl (C=O) groups is 1. The van der Waals surface area contributed by atoms with Gasteiger partial charge in [-0.15, -0.1) is 11.3 Å². The molecule has 0 bridgehead atoms. The normalized spacial score (nSPS) is 16.4. The van der Waals surface area contributed by atoms with Crippen LogP contribution < -0.4 is 11.1 Å². The molecule has 1 heterocycles. The van der Waals surface area contributed by atoms with Gasteiger partial charge in [0.05, 0.1) is 15.8 Å². The van der Waals surface area contributed by atoms with Gasteiger partial charge in [0.25, 0.3) is 0 Å². The molecule has 102 valence electrons. The van der Waals surface area contributed by atoms with Gasteiger partial charge in [-0.05, 0) is 31.9 Å². The van der Waals surface area contributed by atoms with E-state index >= 15 is 0 Å². The molecule has 0 radical (unpaired) electrons. The lowest BCUT2D eigenvalue weighted by atomic mass is 9.88. The maximum atomic E-state index is 12.2. The summed E-state index contributed by atoms with van der Waals surface area (Å²) in [5.74, 6) is 0.0767. The first-order valence-electron chi connectivity index (χ1n) is 6.07. The Morgan fingerprint density at radius 2 is 2.11 bits per heavy atom. The van der Waals surface area contributed by atoms with Crippen LogP contribution in [0.3, 0.4) is 0 Å². The van der Waals surface area contributed by atoms with Crippen molar-refractivity contribution in [3.05, 3.63) is 21.3 Å². The van der Waals surface area contributed by atoms with E-state index in [2.05, 4.69) is 19.2 Å². The van der Waals surface area contributed by atoms with Crippen molar-refractivity contribution in [2.45, 2.75) is 39.2 Å². The average molecular weight is 289 g/mol. The topological polar surface area (TPSA) is 55.1 Å². The molecule has 2 unspecified atom stereocenters. The van der Waals surface area contributed by atoms with Crippen LogP contribution in [0.15, 0.2) is 12.1 Å². The molecule has 0 saturated heterocycles. The van der Waals surface area contributed by atoms with Gasteiger partial charge >= 0.3 is 0 Å². The summed E-state index contributed by atoms with van der Waals surface area (Å²) in [6.07, 6.45) is 0. The Labute approximate surface area is 118 Å². The number of rotatable bonds is 5. The summed E-state index contributed by atoms with van der Waals surface area (Å²) in [6.45, 7) is 8.40. The standard InChI is InChI=1S/C13H21ClN2OS/c1-8(2)13(4,7-15)16-12(17)9(3)10-5-6-11(14)18-10/h5-6,8-9H,7,15H2,1-4H3,(H,16,17). The zero-order chi connectivity index (χ0) is 13.9. The molecule has 1 aromatic rings. The first-order valence-corrected chi connectivity index (χ1v) is 7.27. The van der Waals surface area contributed by atoms with Gasteiger partial charge in [0, 0.05) is 11.4 Å². The molecular weight excluding hydrogens is 268 g/mol. The quantitative estimate of drug-likeness (QED) is 0.875. The Morgan fingerprint density at radius 1 is 1.50 bits per heavy atom. The fourth-order valence-corrected chi connectivity index (χ4v) is 2.62. The third kappa shape index (κ3) is 3.46. The average Bonchev–Trinajstić information content (AvgIpc) is 2.74. The molecule has 1 aromatic heterocycles. The SMILES string of the molecule is CC(C(=O)NC(C)(CN)C(C)C)c1ccc(Cl)s1. The highest BCUT2D eigenvalue weighted by atomic mass is 35.5. The van der Waals surface area contributed by atoms with Gasteiger partial charge in [-0.25, -0.2) is 0 Å². The van der Waals surface area contributed by atoms with Crippen LogP contribution in [0.4, 0.5) is 0 Å². The van der Waals surface area contributed by atoms with E-state index in [4.69, 9.17) is 17.3 Å². The lowest BCUT2D eigenvalue weighted by Gasteiger charge is -2.34. The van der Waals surface area contributed by atoms with Gasteiger partial charge in [-0.1, -0.05) is 25.4 Å². The minimum absolute atomic E-state index is 0.00448. The highest BCUT2D eigenvalue weighted by Gasteiger charge is 2.30. The van der Waals surface area contributed by atoms with Crippen LogP contribution in [-0.4, -0.2) is 18.0 Å². The van der Waals surface area contributed by atoms with E-state index in [1.807, 2.05) is 26.0 Å². The predicted molar refractivity (Wildman–Crippen MR) is 78.2 cm³/mol. The zero-order valence-electron chi connectivity index (χ0n) is 11.3. The highest BCUT2D eigenvalue weighted by Crippen LogP contribution is 2.28. The van der Waals surface area contributed by atoms with Gasteiger partial charge in [0.2, 0.25) is 5.91 Å². The summed E-state index contributed by atoms with van der Waals surface area (Å²) in [4.78, 5) is 13.2. The van der Waals surface area contributed by atoms with Gasteiger partial charge < -0.3 is 11.1 Å². The van der Waals surface area contributed by atoms with Gasteiger partial charge in [0.15, 0.2) is 0 Å². The fourth-order valence-electron chi connectivity index (χ4n) is 1.51. The zero-order valence-corrected chi connectivity index (χ0v) is 12.9. The first-order chi connectivity index (χ1) is 8.30. The van der Waals surface area contributed by atoms with Gasteiger partial charge in [-0.3, -0.25) is 4.79 Å². The Balaban J connectivity index is 2.76. The van der Waals surface area contributed by atoms with Crippen molar-refractivity contribution >= 4 is 28.8 Å². The summed E-state index contributed by atoms with van der Waals surface area (Å²) < 4.78 is 0.704. The highest BCUT2D eigenvalue weighted by molar-refractivity contribution is 7.16. The molecule has 0 aliphatic carbocycles. The Morgan fingerprint density at radius 3 is 2.50 bits per heavy atom. The Kier molecular flexibility index (Phi) is 5.20. The van der Waals surface area contributed by atoms with Crippen LogP contribution in [0, 0.1) is 5.92 Å². The first kappa shape index (κ1) is 15.5. The third-order valence-electron chi connectivity index (χ3n) is 3.52. The second-order valence-electron chi connectivity index (χ2n) is 5.13. The number of nitrogens with one attached hydrogen (secondary N) is 1. The van der Waals surface area contributed by atoms with E-state index in [9.17, 15) is 4.79 Å². The van der Waals surface area contributed by atoms with Crippen molar-refractivity contribution in [1.29, 1.82) is 0 Å². The van der Waals surface area contributed by atoms with Crippen molar-refractivity contribution in [1.82, 2.24) is 5.32 Å². The number of amides is 1. The predicted octanol–water partition coefficient (Wildman–Crippen LogP) is 2.99. The van der Waals surface area contributed by atoms with Crippen LogP contribution in [0.25, 0.3) is 0 Å². The van der Waals surface area contributed by atoms with E-state index in [1.165, 1.54) is 11.3 Å². The van der Waals surface area contributed by atoms with E-state index < -0.39 is 0 Å². The van der Waals surface area contributed by atoms with E-state index in [-0.39, 0.29) is 23.3 Å². The summed E-state index contributed by atoms with van der Waals surface area (Å²) >= 11 is 7.33. The molecule has 0 aliphatic rings. The van der Waals surface area contributed by atoms with E-state index in [0.29, 0.717) is 10.9 Å². The number of hydrogen-bond donors (Lipinski definition) is 2. The van der Waals surface area contributed by atoms with Crippen LogP contribution >= 0.6 is 22.9 Å². The summed E-state index contributed by atoms with van der Waals surface area (Å²) in [5, 5.41) is 3.05. The minimum atomic E-state index is -0.369. The number of carbonyl (C=O) groups excluding carboxylic acids is 1. The van der Waals surface area contributed by atoms with Crippen molar-refractivity contribution in [2.75, 3.05) is 6.54 Å². The molecular formula is C13H21ClN2OS. The molecule has 1 amide bonds. The van der Waals surface area contributed by atoms with Crippen molar-refractivity contribution in [3.63, 3.8) is 0 Å². The maximum absolute atomic E-state index is 12.2. The molecule has 1 rings (SSSR count). The fraction of sp³-hybridized carbons (Fsp3) is 0.615. The maximum Gasteiger partial charge on any atom is 0.228 e. The molecule has 0 aliphatic heterocycles. The molecule has 0 fully saturated rings. The van der Waals surface area contributed by atoms with Crippen LogP contribution in [0.1, 0.15) is 38.5 Å². The molecule has 0 spiro atoms. The smallest absolute Gasteiger partial charge is 0.228 e. The van der Waals surface area contributed by atoms with Crippen molar-refractivity contribution in [2.24, 2.45) is 11.7 Å². The van der Waals surface area contributed by atoms with Crippen molar-refractivity contribution < 1.29 is 4.79 Å². The van der Waals surface area contributed by atoms with Crippen molar-refractivity contribution in [3.8, 4) is 0 Å². The lowest BCUT2D eigenvalue weighted by molar-refractivity contribution is -0.124. The molecule has 5 heteroatoms. The Hall–Kier alpha value is -0.580. The minimum Gasteiger partial charge on any atom is -0.349 e. The van der Waals surface area contributed by atoms with Crippen LogP contribution in [-0.2, 0) is 4.79 Å². The number of nitrogens with two attached hydrogens (primary N) is 1. The molecule has 3 N–H and O–H groups in total. The second kappa shape index (κ2) is 6.04. The molecule has 18 heavy (non-hydrogen) atoms. The lowest BCUT2D eigenvalue weighted by Crippen LogP contribution is -2.55. The monoisotopic (exact) mass is 288 g/mol. The Bertz CT molecular complexity index is 419. The van der Waals surface area contributed by atoms with Crippen LogP contribution in [0.2, 0.25) is 4.34 Å². The summed E-state index contributed by atoms with van der Waals surface area (Å²) in [5.41, 5.74) is 5.40. The van der Waals surface area contributed by atoms with Gasteiger partial charge in [0.1, 0.15) is 0 Å². The third-order valence-corrected chi connectivity index (χ3v) is 4.93. The number of thiophene rings is 1. The molecule has 3 nitrogen and oxygen atoms in total. The molecule has 0 saturated carbocycles. The largest absolute Gasteiger partial charge is 0.349 e. The van der Waals surface area contributed by atoms with E-state index in [0.717, 1.165) is 4.88 Å². The van der Waals surface area contributed by atoms with Crippen LogP contribution in [0.5, 0.6) is 0 Å². The number of halogens is 1. The number of hydrogen-bond acceptors (Lipinski definition) is 3. The van der Waals surface area contributed by atoms with Gasteiger partial charge in [-0.2, -0.15) is 0 Å². The molecule has 2 atom stereocenters. The molecule has 0 aromatic carbocycles.